The van der Waals surface area contributed by atoms with E-state index >= 15 is 0 Å². The van der Waals surface area contributed by atoms with Crippen LogP contribution in [0.4, 0.5) is 5.82 Å². The fraction of sp³-hybridized carbons (Fsp3) is 0.583. The molecule has 1 aliphatic heterocycles. The molecule has 2 heterocycles. The highest BCUT2D eigenvalue weighted by molar-refractivity contribution is 8.00. The van der Waals surface area contributed by atoms with Gasteiger partial charge in [-0.2, -0.15) is 11.8 Å². The van der Waals surface area contributed by atoms with Gasteiger partial charge in [-0.1, -0.05) is 13.8 Å². The molecule has 98 valence electrons. The molecule has 0 unspecified atom stereocenters. The van der Waals surface area contributed by atoms with Crippen molar-refractivity contribution in [3.63, 3.8) is 0 Å². The monoisotopic (exact) mass is 265 g/mol. The zero-order valence-electron chi connectivity index (χ0n) is 10.8. The second-order valence-electron chi connectivity index (χ2n) is 5.02. The maximum absolute atomic E-state index is 7.59. The molecule has 0 aromatic carbocycles. The van der Waals surface area contributed by atoms with Crippen LogP contribution in [0.5, 0.6) is 0 Å². The van der Waals surface area contributed by atoms with E-state index < -0.39 is 0 Å². The van der Waals surface area contributed by atoms with Gasteiger partial charge in [-0.3, -0.25) is 5.41 Å². The van der Waals surface area contributed by atoms with Gasteiger partial charge < -0.3 is 10.6 Å². The van der Waals surface area contributed by atoms with Crippen LogP contribution in [0.3, 0.4) is 0 Å². The third-order valence-corrected chi connectivity index (χ3v) is 4.49. The maximum atomic E-state index is 7.59. The van der Waals surface area contributed by atoms with Crippen LogP contribution in [0.2, 0.25) is 0 Å². The minimum atomic E-state index is 0.0294. The minimum Gasteiger partial charge on any atom is -0.384 e. The van der Waals surface area contributed by atoms with Crippen molar-refractivity contribution in [1.29, 1.82) is 5.41 Å². The molecule has 0 atom stereocenters. The number of aromatic nitrogens is 2. The Balaban J connectivity index is 2.24. The van der Waals surface area contributed by atoms with Crippen LogP contribution < -0.4 is 10.6 Å². The summed E-state index contributed by atoms with van der Waals surface area (Å²) in [4.78, 5) is 10.5. The van der Waals surface area contributed by atoms with Crippen molar-refractivity contribution in [3.8, 4) is 0 Å². The topological polar surface area (TPSA) is 78.9 Å². The average molecular weight is 265 g/mol. The van der Waals surface area contributed by atoms with E-state index in [2.05, 4.69) is 28.7 Å². The molecule has 2 rings (SSSR count). The van der Waals surface area contributed by atoms with Gasteiger partial charge in [-0.05, 0) is 6.42 Å². The van der Waals surface area contributed by atoms with Crippen molar-refractivity contribution < 1.29 is 0 Å². The van der Waals surface area contributed by atoms with Crippen LogP contribution >= 0.6 is 11.8 Å². The number of hydrogen-bond donors (Lipinski definition) is 2. The van der Waals surface area contributed by atoms with Gasteiger partial charge in [0.1, 0.15) is 18.0 Å². The van der Waals surface area contributed by atoms with E-state index in [4.69, 9.17) is 11.1 Å². The van der Waals surface area contributed by atoms with Gasteiger partial charge in [-0.15, -0.1) is 0 Å². The van der Waals surface area contributed by atoms with Crippen LogP contribution in [0.25, 0.3) is 0 Å². The first-order valence-electron chi connectivity index (χ1n) is 6.03. The summed E-state index contributed by atoms with van der Waals surface area (Å²) < 4.78 is 0.304. The molecule has 18 heavy (non-hydrogen) atoms. The van der Waals surface area contributed by atoms with E-state index in [1.54, 1.807) is 6.20 Å². The SMILES string of the molecule is CC1(C)CCN(c2ncncc2C(=N)N)CCS1. The Hall–Kier alpha value is -1.30. The lowest BCUT2D eigenvalue weighted by Gasteiger charge is -2.24. The number of nitrogens with two attached hydrogens (primary N) is 1. The Morgan fingerprint density at radius 2 is 2.28 bits per heavy atom. The van der Waals surface area contributed by atoms with E-state index in [0.29, 0.717) is 10.3 Å². The van der Waals surface area contributed by atoms with Gasteiger partial charge in [0.25, 0.3) is 0 Å². The van der Waals surface area contributed by atoms with Crippen LogP contribution in [-0.4, -0.2) is 39.4 Å². The highest BCUT2D eigenvalue weighted by Crippen LogP contribution is 2.32. The molecule has 0 saturated carbocycles. The van der Waals surface area contributed by atoms with Crippen molar-refractivity contribution in [2.24, 2.45) is 5.73 Å². The minimum absolute atomic E-state index is 0.0294. The smallest absolute Gasteiger partial charge is 0.143 e. The summed E-state index contributed by atoms with van der Waals surface area (Å²) in [6, 6.07) is 0. The molecule has 0 radical (unpaired) electrons. The number of thioether (sulfide) groups is 1. The standard InChI is InChI=1S/C12H19N5S/c1-12(2)3-4-17(5-6-18-12)11-9(10(13)14)7-15-8-16-11/h7-8H,3-6H2,1-2H3,(H3,13,14). The number of hydrogen-bond acceptors (Lipinski definition) is 5. The second-order valence-corrected chi connectivity index (χ2v) is 6.82. The molecule has 3 N–H and O–H groups in total. The first-order chi connectivity index (χ1) is 8.49. The summed E-state index contributed by atoms with van der Waals surface area (Å²) in [5.41, 5.74) is 6.21. The lowest BCUT2D eigenvalue weighted by molar-refractivity contribution is 0.634. The number of amidine groups is 1. The van der Waals surface area contributed by atoms with Crippen molar-refractivity contribution in [3.05, 3.63) is 18.1 Å². The summed E-state index contributed by atoms with van der Waals surface area (Å²) in [5, 5.41) is 7.59. The van der Waals surface area contributed by atoms with Gasteiger partial charge in [0.15, 0.2) is 0 Å². The molecule has 5 nitrogen and oxygen atoms in total. The normalized spacial score (nSPS) is 19.3. The summed E-state index contributed by atoms with van der Waals surface area (Å²) in [6.07, 6.45) is 4.23. The maximum Gasteiger partial charge on any atom is 0.143 e. The average Bonchev–Trinajstić information content (AvgIpc) is 2.50. The molecular formula is C12H19N5S. The lowest BCUT2D eigenvalue weighted by Crippen LogP contribution is -2.30. The van der Waals surface area contributed by atoms with Crippen LogP contribution in [0.1, 0.15) is 25.8 Å². The predicted octanol–water partition coefficient (Wildman–Crippen LogP) is 1.48. The Morgan fingerprint density at radius 3 is 3.00 bits per heavy atom. The quantitative estimate of drug-likeness (QED) is 0.625. The van der Waals surface area contributed by atoms with Crippen molar-refractivity contribution >= 4 is 23.4 Å². The van der Waals surface area contributed by atoms with E-state index in [1.807, 2.05) is 11.8 Å². The Labute approximate surface area is 112 Å². The van der Waals surface area contributed by atoms with Crippen molar-refractivity contribution in [2.45, 2.75) is 25.0 Å². The summed E-state index contributed by atoms with van der Waals surface area (Å²) in [5.74, 6) is 1.88. The fourth-order valence-corrected chi connectivity index (χ4v) is 3.10. The molecule has 1 fully saturated rings. The first kappa shape index (κ1) is 13.1. The van der Waals surface area contributed by atoms with Gasteiger partial charge in [0, 0.05) is 29.8 Å². The molecule has 0 aliphatic carbocycles. The van der Waals surface area contributed by atoms with E-state index in [-0.39, 0.29) is 5.84 Å². The Bertz CT molecular complexity index is 446. The number of nitrogens with zero attached hydrogens (tertiary/aromatic N) is 3. The number of anilines is 1. The van der Waals surface area contributed by atoms with Gasteiger partial charge >= 0.3 is 0 Å². The second kappa shape index (κ2) is 5.14. The highest BCUT2D eigenvalue weighted by atomic mass is 32.2. The first-order valence-corrected chi connectivity index (χ1v) is 7.01. The zero-order valence-corrected chi connectivity index (χ0v) is 11.6. The molecule has 0 amide bonds. The fourth-order valence-electron chi connectivity index (χ4n) is 2.00. The summed E-state index contributed by atoms with van der Waals surface area (Å²) >= 11 is 1.98. The van der Waals surface area contributed by atoms with Crippen molar-refractivity contribution in [1.82, 2.24) is 9.97 Å². The third kappa shape index (κ3) is 2.93. The van der Waals surface area contributed by atoms with Crippen LogP contribution in [0.15, 0.2) is 12.5 Å². The lowest BCUT2D eigenvalue weighted by atomic mass is 10.1. The number of nitrogen functional groups attached to an aromatic ring is 1. The highest BCUT2D eigenvalue weighted by Gasteiger charge is 2.25. The Kier molecular flexibility index (Phi) is 3.75. The van der Waals surface area contributed by atoms with Gasteiger partial charge in [-0.25, -0.2) is 9.97 Å². The Morgan fingerprint density at radius 1 is 1.50 bits per heavy atom. The van der Waals surface area contributed by atoms with Crippen molar-refractivity contribution in [2.75, 3.05) is 23.7 Å². The predicted molar refractivity (Wildman–Crippen MR) is 76.4 cm³/mol. The largest absolute Gasteiger partial charge is 0.384 e. The number of rotatable bonds is 2. The molecule has 6 heteroatoms. The zero-order chi connectivity index (χ0) is 13.2. The van der Waals surface area contributed by atoms with Gasteiger partial charge in [0.2, 0.25) is 0 Å². The molecule has 0 spiro atoms. The van der Waals surface area contributed by atoms with Gasteiger partial charge in [0.05, 0.1) is 5.56 Å². The number of nitrogens with one attached hydrogen (secondary N) is 1. The molecule has 1 aromatic heterocycles. The van der Waals surface area contributed by atoms with Crippen LogP contribution in [0, 0.1) is 5.41 Å². The molecule has 1 aromatic rings. The molecule has 1 saturated heterocycles. The van der Waals surface area contributed by atoms with E-state index in [9.17, 15) is 0 Å². The summed E-state index contributed by atoms with van der Waals surface area (Å²) in [6.45, 7) is 6.42. The third-order valence-electron chi connectivity index (χ3n) is 3.12. The molecular weight excluding hydrogens is 246 g/mol. The van der Waals surface area contributed by atoms with E-state index in [1.165, 1.54) is 6.33 Å². The van der Waals surface area contributed by atoms with E-state index in [0.717, 1.165) is 31.1 Å². The molecule has 0 bridgehead atoms. The van der Waals surface area contributed by atoms with Crippen LogP contribution in [-0.2, 0) is 0 Å². The molecule has 1 aliphatic rings. The summed E-state index contributed by atoms with van der Waals surface area (Å²) in [7, 11) is 0.